The molecule has 6 unspecified atom stereocenters. The number of likely N-dealkylation sites (tertiary alicyclic amines) is 1. The molecule has 1 saturated heterocycles. The molecular formula is C40H39NO7. The third-order valence-corrected chi connectivity index (χ3v) is 10.9. The smallest absolute Gasteiger partial charge is 0.234 e. The van der Waals surface area contributed by atoms with Crippen molar-refractivity contribution in [2.24, 2.45) is 23.7 Å². The van der Waals surface area contributed by atoms with Gasteiger partial charge in [0.25, 0.3) is 0 Å². The molecule has 7 rings (SSSR count). The fraction of sp³-hybridized carbons (Fsp3) is 0.350. The van der Waals surface area contributed by atoms with Crippen molar-refractivity contribution in [3.8, 4) is 17.2 Å². The fourth-order valence-electron chi connectivity index (χ4n) is 8.99. The van der Waals surface area contributed by atoms with Crippen LogP contribution in [0.4, 0.5) is 0 Å². The van der Waals surface area contributed by atoms with E-state index in [1.165, 1.54) is 25.2 Å². The first kappa shape index (κ1) is 31.6. The highest BCUT2D eigenvalue weighted by molar-refractivity contribution is 6.31. The van der Waals surface area contributed by atoms with Crippen molar-refractivity contribution >= 4 is 29.0 Å². The van der Waals surface area contributed by atoms with Gasteiger partial charge in [0.15, 0.2) is 23.1 Å². The number of carbonyl (C=O) groups excluding carboxylic acids is 4. The van der Waals surface area contributed by atoms with Gasteiger partial charge in [-0.15, -0.1) is 0 Å². The van der Waals surface area contributed by atoms with Crippen molar-refractivity contribution in [1.82, 2.24) is 4.90 Å². The number of amides is 2. The van der Waals surface area contributed by atoms with E-state index in [2.05, 4.69) is 0 Å². The van der Waals surface area contributed by atoms with Gasteiger partial charge < -0.3 is 14.6 Å². The highest BCUT2D eigenvalue weighted by atomic mass is 16.5. The summed E-state index contributed by atoms with van der Waals surface area (Å²) in [6.45, 7) is 5.56. The molecule has 0 bridgehead atoms. The largest absolute Gasteiger partial charge is 0.502 e. The second-order valence-electron chi connectivity index (χ2n) is 14.2. The number of benzene rings is 3. The van der Waals surface area contributed by atoms with Crippen LogP contribution in [0, 0.1) is 23.7 Å². The van der Waals surface area contributed by atoms with Gasteiger partial charge in [-0.3, -0.25) is 24.1 Å². The van der Waals surface area contributed by atoms with Crippen LogP contribution in [-0.2, 0) is 24.6 Å². The Hall–Kier alpha value is -4.98. The maximum Gasteiger partial charge on any atom is 0.234 e. The SMILES string of the molecule is COc1cc(C2C3=CCC4C(=O)N(C(C)(C)C)C(=O)C4C3CC3C(=O)C(c4ccccc4)=CC(=O)C32c2ccccc2)cc(OC)c1O. The molecular weight excluding hydrogens is 606 g/mol. The highest BCUT2D eigenvalue weighted by Gasteiger charge is 2.66. The molecule has 8 heteroatoms. The molecule has 0 spiro atoms. The van der Waals surface area contributed by atoms with Gasteiger partial charge in [0.05, 0.1) is 31.5 Å². The molecule has 3 aromatic rings. The fourth-order valence-corrected chi connectivity index (χ4v) is 8.99. The number of fused-ring (bicyclic) bond motifs is 4. The second-order valence-corrected chi connectivity index (χ2v) is 14.2. The highest BCUT2D eigenvalue weighted by Crippen LogP contribution is 2.64. The van der Waals surface area contributed by atoms with E-state index in [0.29, 0.717) is 28.7 Å². The molecule has 1 heterocycles. The summed E-state index contributed by atoms with van der Waals surface area (Å²) in [7, 11) is 2.88. The molecule has 8 nitrogen and oxygen atoms in total. The maximum absolute atomic E-state index is 15.1. The van der Waals surface area contributed by atoms with Crippen molar-refractivity contribution in [3.63, 3.8) is 0 Å². The van der Waals surface area contributed by atoms with Gasteiger partial charge in [-0.25, -0.2) is 0 Å². The van der Waals surface area contributed by atoms with Gasteiger partial charge >= 0.3 is 0 Å². The minimum Gasteiger partial charge on any atom is -0.502 e. The summed E-state index contributed by atoms with van der Waals surface area (Å²) in [5.74, 6) is -4.06. The average molecular weight is 646 g/mol. The number of rotatable bonds is 5. The Balaban J connectivity index is 1.53. The molecule has 3 aromatic carbocycles. The Kier molecular flexibility index (Phi) is 7.46. The van der Waals surface area contributed by atoms with Crippen LogP contribution in [0.2, 0.25) is 0 Å². The van der Waals surface area contributed by atoms with Gasteiger partial charge in [-0.1, -0.05) is 72.3 Å². The number of ether oxygens (including phenoxy) is 2. The summed E-state index contributed by atoms with van der Waals surface area (Å²) in [6.07, 6.45) is 4.06. The number of methoxy groups -OCH3 is 2. The standard InChI is InChI=1S/C40H39NO7/c1-39(2,3)41-37(45)26-17-16-25-28(33(26)38(41)46)20-29-35(43)27(22-12-8-6-9-13-22)21-32(42)40(29,24-14-10-7-11-15-24)34(25)23-18-30(47-4)36(44)31(19-23)48-5/h6-16,18-19,21,26,28-29,33-34,44H,17,20H2,1-5H3. The van der Waals surface area contributed by atoms with E-state index in [9.17, 15) is 14.7 Å². The van der Waals surface area contributed by atoms with Crippen LogP contribution in [0.1, 0.15) is 56.2 Å². The number of imide groups is 1. The molecule has 2 fully saturated rings. The van der Waals surface area contributed by atoms with Crippen LogP contribution in [0.3, 0.4) is 0 Å². The average Bonchev–Trinajstić information content (AvgIpc) is 3.35. The van der Waals surface area contributed by atoms with Crippen LogP contribution in [0.5, 0.6) is 17.2 Å². The zero-order valence-electron chi connectivity index (χ0n) is 27.7. The lowest BCUT2D eigenvalue weighted by Gasteiger charge is -2.55. The van der Waals surface area contributed by atoms with E-state index < -0.39 is 40.5 Å². The zero-order chi connectivity index (χ0) is 34.1. The number of carbonyl (C=O) groups is 4. The Labute approximate surface area is 280 Å². The van der Waals surface area contributed by atoms with Gasteiger partial charge in [-0.05, 0) is 74.4 Å². The van der Waals surface area contributed by atoms with Gasteiger partial charge in [0, 0.05) is 22.9 Å². The van der Waals surface area contributed by atoms with Gasteiger partial charge in [-0.2, -0.15) is 0 Å². The van der Waals surface area contributed by atoms with E-state index in [-0.39, 0.29) is 47.1 Å². The summed E-state index contributed by atoms with van der Waals surface area (Å²) in [6, 6.07) is 21.9. The van der Waals surface area contributed by atoms with Crippen molar-refractivity contribution in [2.45, 2.75) is 50.5 Å². The minimum absolute atomic E-state index is 0.154. The van der Waals surface area contributed by atoms with E-state index >= 15 is 9.59 Å². The molecule has 1 aliphatic heterocycles. The van der Waals surface area contributed by atoms with E-state index in [1.54, 1.807) is 12.1 Å². The Morgan fingerprint density at radius 1 is 0.833 bits per heavy atom. The second kappa shape index (κ2) is 11.3. The number of Topliss-reactive ketones (excluding diaryl/α,β-unsaturated/α-hetero) is 1. The van der Waals surface area contributed by atoms with Crippen molar-refractivity contribution in [2.75, 3.05) is 14.2 Å². The van der Waals surface area contributed by atoms with Crippen LogP contribution >= 0.6 is 0 Å². The minimum atomic E-state index is -1.39. The quantitative estimate of drug-likeness (QED) is 0.267. The lowest BCUT2D eigenvalue weighted by molar-refractivity contribution is -0.145. The number of hydrogen-bond acceptors (Lipinski definition) is 7. The molecule has 0 aromatic heterocycles. The Morgan fingerprint density at radius 3 is 2.02 bits per heavy atom. The first-order valence-corrected chi connectivity index (χ1v) is 16.4. The van der Waals surface area contributed by atoms with Crippen molar-refractivity contribution in [3.05, 3.63) is 107 Å². The topological polar surface area (TPSA) is 110 Å². The number of aromatic hydroxyl groups is 1. The van der Waals surface area contributed by atoms with Crippen molar-refractivity contribution in [1.29, 1.82) is 0 Å². The van der Waals surface area contributed by atoms with Gasteiger partial charge in [0.2, 0.25) is 17.6 Å². The maximum atomic E-state index is 15.1. The molecule has 246 valence electrons. The lowest BCUT2D eigenvalue weighted by atomic mass is 9.44. The molecule has 1 saturated carbocycles. The first-order chi connectivity index (χ1) is 22.9. The zero-order valence-corrected chi connectivity index (χ0v) is 27.7. The number of hydrogen-bond donors (Lipinski definition) is 1. The van der Waals surface area contributed by atoms with Crippen LogP contribution in [0.15, 0.2) is 90.5 Å². The number of ketones is 2. The molecule has 4 aliphatic rings. The molecule has 1 N–H and O–H groups in total. The number of phenolic OH excluding ortho intramolecular Hbond substituents is 1. The third kappa shape index (κ3) is 4.41. The summed E-state index contributed by atoms with van der Waals surface area (Å²) in [4.78, 5) is 59.7. The van der Waals surface area contributed by atoms with Crippen LogP contribution in [-0.4, -0.2) is 53.1 Å². The first-order valence-electron chi connectivity index (χ1n) is 16.4. The Bertz CT molecular complexity index is 1880. The van der Waals surface area contributed by atoms with Crippen LogP contribution in [0.25, 0.3) is 5.57 Å². The lowest BCUT2D eigenvalue weighted by Crippen LogP contribution is -2.59. The molecule has 48 heavy (non-hydrogen) atoms. The number of allylic oxidation sites excluding steroid dienone is 4. The van der Waals surface area contributed by atoms with Crippen LogP contribution < -0.4 is 9.47 Å². The molecule has 6 atom stereocenters. The van der Waals surface area contributed by atoms with E-state index in [0.717, 1.165) is 5.57 Å². The predicted octanol–water partition coefficient (Wildman–Crippen LogP) is 6.03. The molecule has 2 amide bonds. The van der Waals surface area contributed by atoms with Crippen molar-refractivity contribution < 1.29 is 33.8 Å². The van der Waals surface area contributed by atoms with E-state index in [4.69, 9.17) is 9.47 Å². The predicted molar refractivity (Wildman–Crippen MR) is 179 cm³/mol. The molecule has 0 radical (unpaired) electrons. The number of phenols is 1. The van der Waals surface area contributed by atoms with E-state index in [1.807, 2.05) is 87.5 Å². The summed E-state index contributed by atoms with van der Waals surface area (Å²) >= 11 is 0. The Morgan fingerprint density at radius 2 is 1.44 bits per heavy atom. The summed E-state index contributed by atoms with van der Waals surface area (Å²) < 4.78 is 11.2. The molecule has 3 aliphatic carbocycles. The van der Waals surface area contributed by atoms with Gasteiger partial charge in [0.1, 0.15) is 0 Å². The number of nitrogens with zero attached hydrogens (tertiary/aromatic N) is 1. The monoisotopic (exact) mass is 645 g/mol. The summed E-state index contributed by atoms with van der Waals surface area (Å²) in [5, 5.41) is 10.9. The summed E-state index contributed by atoms with van der Waals surface area (Å²) in [5.41, 5.74) is 0.990. The normalized spacial score (nSPS) is 28.3. The third-order valence-electron chi connectivity index (χ3n) is 10.9.